The molecule has 0 saturated heterocycles. The number of nitrogens with zero attached hydrogens (tertiary/aromatic N) is 1. The Hall–Kier alpha value is -1.56. The predicted octanol–water partition coefficient (Wildman–Crippen LogP) is 3.82. The monoisotopic (exact) mass is 367 g/mol. The predicted molar refractivity (Wildman–Crippen MR) is 97.5 cm³/mol. The van der Waals surface area contributed by atoms with Crippen LogP contribution in [0.4, 0.5) is 0 Å². The molecule has 0 saturated carbocycles. The van der Waals surface area contributed by atoms with E-state index in [-0.39, 0.29) is 6.04 Å². The van der Waals surface area contributed by atoms with Crippen LogP contribution in [0.3, 0.4) is 0 Å². The van der Waals surface area contributed by atoms with E-state index in [9.17, 15) is 8.42 Å². The van der Waals surface area contributed by atoms with Gasteiger partial charge < -0.3 is 4.74 Å². The third-order valence-corrected chi connectivity index (χ3v) is 5.32. The molecule has 0 N–H and O–H groups in total. The van der Waals surface area contributed by atoms with Gasteiger partial charge in [-0.25, -0.2) is 8.42 Å². The van der Waals surface area contributed by atoms with E-state index in [1.165, 1.54) is 6.26 Å². The quantitative estimate of drug-likeness (QED) is 0.746. The van der Waals surface area contributed by atoms with Crippen molar-refractivity contribution in [3.63, 3.8) is 0 Å². The van der Waals surface area contributed by atoms with E-state index in [2.05, 4.69) is 11.8 Å². The number of ether oxygens (including phenoxy) is 1. The Morgan fingerprint density at radius 3 is 2.42 bits per heavy atom. The van der Waals surface area contributed by atoms with Crippen molar-refractivity contribution in [2.45, 2.75) is 17.9 Å². The molecule has 0 amide bonds. The molecule has 1 atom stereocenters. The zero-order valence-corrected chi connectivity index (χ0v) is 15.6. The van der Waals surface area contributed by atoms with Crippen LogP contribution >= 0.6 is 11.6 Å². The second-order valence-electron chi connectivity index (χ2n) is 5.80. The van der Waals surface area contributed by atoms with E-state index in [0.29, 0.717) is 16.5 Å². The van der Waals surface area contributed by atoms with Crippen molar-refractivity contribution in [3.8, 4) is 5.75 Å². The first-order chi connectivity index (χ1) is 11.3. The summed E-state index contributed by atoms with van der Waals surface area (Å²) in [4.78, 5) is 2.49. The Labute approximate surface area is 148 Å². The van der Waals surface area contributed by atoms with Crippen molar-refractivity contribution in [2.24, 2.45) is 0 Å². The Balaban J connectivity index is 1.91. The maximum Gasteiger partial charge on any atom is 0.175 e. The molecule has 0 spiro atoms. The van der Waals surface area contributed by atoms with Crippen LogP contribution in [-0.2, 0) is 9.84 Å². The van der Waals surface area contributed by atoms with Crippen molar-refractivity contribution in [2.75, 3.05) is 26.5 Å². The first-order valence-corrected chi connectivity index (χ1v) is 9.93. The highest BCUT2D eigenvalue weighted by molar-refractivity contribution is 7.90. The SMILES string of the molecule is CC(c1ccc(S(C)(=O)=O)cc1)N(C)CCOc1cccc(Cl)c1. The van der Waals surface area contributed by atoms with Gasteiger partial charge in [0.2, 0.25) is 0 Å². The summed E-state index contributed by atoms with van der Waals surface area (Å²) >= 11 is 5.93. The van der Waals surface area contributed by atoms with Gasteiger partial charge >= 0.3 is 0 Å². The minimum atomic E-state index is -3.16. The highest BCUT2D eigenvalue weighted by Crippen LogP contribution is 2.21. The van der Waals surface area contributed by atoms with Gasteiger partial charge in [-0.2, -0.15) is 0 Å². The molecular formula is C18H22ClNO3S. The summed E-state index contributed by atoms with van der Waals surface area (Å²) in [6.45, 7) is 3.36. The maximum atomic E-state index is 11.5. The van der Waals surface area contributed by atoms with Crippen LogP contribution in [-0.4, -0.2) is 39.8 Å². The van der Waals surface area contributed by atoms with Gasteiger partial charge in [-0.1, -0.05) is 29.8 Å². The largest absolute Gasteiger partial charge is 0.492 e. The molecule has 4 nitrogen and oxygen atoms in total. The average molecular weight is 368 g/mol. The van der Waals surface area contributed by atoms with Gasteiger partial charge in [-0.15, -0.1) is 0 Å². The smallest absolute Gasteiger partial charge is 0.175 e. The van der Waals surface area contributed by atoms with Gasteiger partial charge in [0.05, 0.1) is 4.90 Å². The van der Waals surface area contributed by atoms with E-state index >= 15 is 0 Å². The second kappa shape index (κ2) is 8.01. The third-order valence-electron chi connectivity index (χ3n) is 3.96. The summed E-state index contributed by atoms with van der Waals surface area (Å²) in [5.41, 5.74) is 1.06. The summed E-state index contributed by atoms with van der Waals surface area (Å²) in [6, 6.07) is 14.5. The number of rotatable bonds is 7. The van der Waals surface area contributed by atoms with Crippen LogP contribution in [0.25, 0.3) is 0 Å². The number of likely N-dealkylation sites (N-methyl/N-ethyl adjacent to an activating group) is 1. The molecule has 2 rings (SSSR count). The maximum absolute atomic E-state index is 11.5. The molecule has 0 aliphatic carbocycles. The van der Waals surface area contributed by atoms with Crippen molar-refractivity contribution in [1.29, 1.82) is 0 Å². The van der Waals surface area contributed by atoms with Crippen LogP contribution in [0.5, 0.6) is 5.75 Å². The Bertz CT molecular complexity index is 775. The van der Waals surface area contributed by atoms with Crippen LogP contribution in [0.1, 0.15) is 18.5 Å². The number of benzene rings is 2. The zero-order chi connectivity index (χ0) is 17.7. The summed E-state index contributed by atoms with van der Waals surface area (Å²) in [7, 11) is -1.15. The summed E-state index contributed by atoms with van der Waals surface area (Å²) in [6.07, 6.45) is 1.21. The zero-order valence-electron chi connectivity index (χ0n) is 14.1. The lowest BCUT2D eigenvalue weighted by Crippen LogP contribution is -2.27. The molecule has 1 unspecified atom stereocenters. The van der Waals surface area contributed by atoms with Crippen molar-refractivity contribution < 1.29 is 13.2 Å². The standard InChI is InChI=1S/C18H22ClNO3S/c1-14(15-7-9-18(10-8-15)24(3,21)22)20(2)11-12-23-17-6-4-5-16(19)13-17/h4-10,13-14H,11-12H2,1-3H3. The molecule has 0 aliphatic heterocycles. The third kappa shape index (κ3) is 5.23. The lowest BCUT2D eigenvalue weighted by atomic mass is 10.1. The van der Waals surface area contributed by atoms with Crippen molar-refractivity contribution in [3.05, 3.63) is 59.1 Å². The van der Waals surface area contributed by atoms with E-state index in [1.807, 2.05) is 37.4 Å². The van der Waals surface area contributed by atoms with Gasteiger partial charge in [-0.3, -0.25) is 4.90 Å². The second-order valence-corrected chi connectivity index (χ2v) is 8.26. The van der Waals surface area contributed by atoms with Crippen molar-refractivity contribution >= 4 is 21.4 Å². The minimum Gasteiger partial charge on any atom is -0.492 e. The van der Waals surface area contributed by atoms with Gasteiger partial charge in [0.15, 0.2) is 9.84 Å². The number of hydrogen-bond donors (Lipinski definition) is 0. The van der Waals surface area contributed by atoms with Crippen molar-refractivity contribution in [1.82, 2.24) is 4.90 Å². The molecule has 0 bridgehead atoms. The molecule has 24 heavy (non-hydrogen) atoms. The lowest BCUT2D eigenvalue weighted by molar-refractivity contribution is 0.201. The van der Waals surface area contributed by atoms with Crippen LogP contribution in [0, 0.1) is 0 Å². The summed E-state index contributed by atoms with van der Waals surface area (Å²) in [5.74, 6) is 0.751. The summed E-state index contributed by atoms with van der Waals surface area (Å²) < 4.78 is 28.7. The van der Waals surface area contributed by atoms with Gasteiger partial charge in [-0.05, 0) is 49.9 Å². The molecule has 0 aliphatic rings. The van der Waals surface area contributed by atoms with Gasteiger partial charge in [0, 0.05) is 23.9 Å². The van der Waals surface area contributed by atoms with Gasteiger partial charge in [0.25, 0.3) is 0 Å². The fourth-order valence-corrected chi connectivity index (χ4v) is 3.12. The number of halogens is 1. The fraction of sp³-hybridized carbons (Fsp3) is 0.333. The Morgan fingerprint density at radius 1 is 1.17 bits per heavy atom. The molecular weight excluding hydrogens is 346 g/mol. The van der Waals surface area contributed by atoms with Gasteiger partial charge in [0.1, 0.15) is 12.4 Å². The number of hydrogen-bond acceptors (Lipinski definition) is 4. The Kier molecular flexibility index (Phi) is 6.27. The van der Waals surface area contributed by atoms with Crippen LogP contribution in [0.15, 0.2) is 53.4 Å². The fourth-order valence-electron chi connectivity index (χ4n) is 2.31. The molecule has 0 radical (unpaired) electrons. The number of sulfone groups is 1. The Morgan fingerprint density at radius 2 is 1.83 bits per heavy atom. The topological polar surface area (TPSA) is 46.6 Å². The molecule has 130 valence electrons. The first-order valence-electron chi connectivity index (χ1n) is 7.66. The highest BCUT2D eigenvalue weighted by atomic mass is 35.5. The summed E-state index contributed by atoms with van der Waals surface area (Å²) in [5, 5.41) is 0.653. The molecule has 6 heteroatoms. The molecule has 0 heterocycles. The average Bonchev–Trinajstić information content (AvgIpc) is 2.53. The molecule has 2 aromatic carbocycles. The normalized spacial score (nSPS) is 13.0. The molecule has 0 fully saturated rings. The lowest BCUT2D eigenvalue weighted by Gasteiger charge is -2.25. The minimum absolute atomic E-state index is 0.154. The van der Waals surface area contributed by atoms with E-state index in [4.69, 9.17) is 16.3 Å². The first kappa shape index (κ1) is 18.8. The van der Waals surface area contributed by atoms with E-state index < -0.39 is 9.84 Å². The highest BCUT2D eigenvalue weighted by Gasteiger charge is 2.13. The van der Waals surface area contributed by atoms with E-state index in [1.54, 1.807) is 18.2 Å². The molecule has 0 aromatic heterocycles. The van der Waals surface area contributed by atoms with E-state index in [0.717, 1.165) is 17.9 Å². The molecule has 2 aromatic rings. The van der Waals surface area contributed by atoms with Crippen LogP contribution < -0.4 is 4.74 Å². The van der Waals surface area contributed by atoms with Crippen LogP contribution in [0.2, 0.25) is 5.02 Å².